The van der Waals surface area contributed by atoms with Crippen LogP contribution in [-0.4, -0.2) is 23.3 Å². The van der Waals surface area contributed by atoms with Gasteiger partial charge in [-0.1, -0.05) is 18.2 Å². The largest absolute Gasteiger partial charge is 0.498 e. The van der Waals surface area contributed by atoms with Crippen LogP contribution in [0.15, 0.2) is 41.1 Å². The van der Waals surface area contributed by atoms with Gasteiger partial charge in [0, 0.05) is 22.4 Å². The van der Waals surface area contributed by atoms with Crippen LogP contribution in [0.1, 0.15) is 27.7 Å². The van der Waals surface area contributed by atoms with Crippen LogP contribution in [0.4, 0.5) is 0 Å². The summed E-state index contributed by atoms with van der Waals surface area (Å²) in [6.07, 6.45) is 3.52. The van der Waals surface area contributed by atoms with E-state index in [0.29, 0.717) is 0 Å². The molecule has 1 fully saturated rings. The van der Waals surface area contributed by atoms with Crippen LogP contribution < -0.4 is 5.46 Å². The van der Waals surface area contributed by atoms with Crippen molar-refractivity contribution in [3.8, 4) is 0 Å². The number of hydrogen-bond donors (Lipinski definition) is 0. The lowest BCUT2D eigenvalue weighted by molar-refractivity contribution is 0.00578. The maximum absolute atomic E-state index is 6.16. The molecule has 1 aliphatic rings. The van der Waals surface area contributed by atoms with Gasteiger partial charge >= 0.3 is 7.12 Å². The molecule has 4 nitrogen and oxygen atoms in total. The van der Waals surface area contributed by atoms with E-state index in [1.54, 1.807) is 12.4 Å². The zero-order chi connectivity index (χ0) is 15.5. The summed E-state index contributed by atoms with van der Waals surface area (Å²) < 4.78 is 18.3. The third kappa shape index (κ3) is 1.82. The monoisotopic (exact) mass is 295 g/mol. The first kappa shape index (κ1) is 13.8. The van der Waals surface area contributed by atoms with E-state index >= 15 is 0 Å². The van der Waals surface area contributed by atoms with Gasteiger partial charge in [0.1, 0.15) is 5.58 Å². The molecule has 0 bridgehead atoms. The number of rotatable bonds is 1. The minimum atomic E-state index is -0.428. The number of nitrogens with zero attached hydrogens (tertiary/aromatic N) is 1. The van der Waals surface area contributed by atoms with Crippen LogP contribution in [0.3, 0.4) is 0 Å². The van der Waals surface area contributed by atoms with E-state index in [9.17, 15) is 0 Å². The van der Waals surface area contributed by atoms with Gasteiger partial charge < -0.3 is 13.7 Å². The topological polar surface area (TPSA) is 44.5 Å². The Labute approximate surface area is 129 Å². The first-order chi connectivity index (χ1) is 10.4. The minimum Gasteiger partial charge on any atom is -0.455 e. The average molecular weight is 295 g/mol. The van der Waals surface area contributed by atoms with Crippen molar-refractivity contribution < 1.29 is 13.7 Å². The molecular weight excluding hydrogens is 277 g/mol. The highest BCUT2D eigenvalue weighted by Crippen LogP contribution is 2.37. The molecular formula is C17H18BNO3. The summed E-state index contributed by atoms with van der Waals surface area (Å²) in [6.45, 7) is 8.21. The summed E-state index contributed by atoms with van der Waals surface area (Å²) in [5.41, 5.74) is 1.78. The molecule has 5 heteroatoms. The van der Waals surface area contributed by atoms with Gasteiger partial charge in [-0.05, 0) is 33.8 Å². The number of para-hydroxylation sites is 1. The van der Waals surface area contributed by atoms with E-state index in [0.717, 1.165) is 27.4 Å². The van der Waals surface area contributed by atoms with Crippen molar-refractivity contribution in [3.05, 3.63) is 36.7 Å². The molecule has 3 aromatic rings. The minimum absolute atomic E-state index is 0.368. The molecule has 112 valence electrons. The maximum Gasteiger partial charge on any atom is 0.498 e. The lowest BCUT2D eigenvalue weighted by atomic mass is 9.78. The van der Waals surface area contributed by atoms with Crippen molar-refractivity contribution in [2.45, 2.75) is 38.9 Å². The molecule has 0 unspecified atom stereocenters. The van der Waals surface area contributed by atoms with E-state index in [-0.39, 0.29) is 11.2 Å². The van der Waals surface area contributed by atoms with Crippen LogP contribution in [0.2, 0.25) is 0 Å². The number of benzene rings is 1. The molecule has 0 aliphatic carbocycles. The molecule has 2 aromatic heterocycles. The molecule has 0 saturated carbocycles. The molecule has 3 heterocycles. The van der Waals surface area contributed by atoms with Gasteiger partial charge in [0.05, 0.1) is 17.4 Å². The maximum atomic E-state index is 6.16. The molecule has 1 saturated heterocycles. The molecule has 0 spiro atoms. The van der Waals surface area contributed by atoms with Gasteiger partial charge in [-0.15, -0.1) is 0 Å². The average Bonchev–Trinajstić information content (AvgIpc) is 2.93. The molecule has 4 rings (SSSR count). The van der Waals surface area contributed by atoms with Gasteiger partial charge in [-0.2, -0.15) is 0 Å². The van der Waals surface area contributed by atoms with Crippen molar-refractivity contribution >= 4 is 34.5 Å². The molecule has 1 aromatic carbocycles. The fraction of sp³-hybridized carbons (Fsp3) is 0.353. The van der Waals surface area contributed by atoms with Crippen LogP contribution in [-0.2, 0) is 9.31 Å². The number of hydrogen-bond acceptors (Lipinski definition) is 4. The molecule has 0 amide bonds. The van der Waals surface area contributed by atoms with Crippen molar-refractivity contribution in [2.75, 3.05) is 0 Å². The molecule has 22 heavy (non-hydrogen) atoms. The van der Waals surface area contributed by atoms with E-state index in [4.69, 9.17) is 13.7 Å². The lowest BCUT2D eigenvalue weighted by Crippen LogP contribution is -2.41. The van der Waals surface area contributed by atoms with Gasteiger partial charge in [0.15, 0.2) is 5.58 Å². The first-order valence-electron chi connectivity index (χ1n) is 7.50. The fourth-order valence-corrected chi connectivity index (χ4v) is 2.83. The second kappa shape index (κ2) is 4.34. The fourth-order valence-electron chi connectivity index (χ4n) is 2.83. The Kier molecular flexibility index (Phi) is 2.72. The summed E-state index contributed by atoms with van der Waals surface area (Å²) in [6, 6.07) is 8.03. The van der Waals surface area contributed by atoms with Crippen molar-refractivity contribution in [1.29, 1.82) is 0 Å². The number of aromatic nitrogens is 1. The summed E-state index contributed by atoms with van der Waals surface area (Å²) >= 11 is 0. The normalized spacial score (nSPS) is 20.1. The van der Waals surface area contributed by atoms with Crippen LogP contribution in [0.25, 0.3) is 21.9 Å². The zero-order valence-corrected chi connectivity index (χ0v) is 13.2. The second-order valence-electron chi connectivity index (χ2n) is 6.79. The SMILES string of the molecule is CC1(C)OB(c2cccc3c2oc2cnccc23)OC1(C)C. The summed E-state index contributed by atoms with van der Waals surface area (Å²) in [7, 11) is -0.428. The Morgan fingerprint density at radius 3 is 2.41 bits per heavy atom. The zero-order valence-electron chi connectivity index (χ0n) is 13.2. The van der Waals surface area contributed by atoms with Crippen molar-refractivity contribution in [3.63, 3.8) is 0 Å². The van der Waals surface area contributed by atoms with Gasteiger partial charge in [-0.3, -0.25) is 4.98 Å². The highest BCUT2D eigenvalue weighted by Gasteiger charge is 2.52. The second-order valence-corrected chi connectivity index (χ2v) is 6.79. The van der Waals surface area contributed by atoms with Gasteiger partial charge in [0.2, 0.25) is 0 Å². The predicted octanol–water partition coefficient (Wildman–Crippen LogP) is 3.28. The van der Waals surface area contributed by atoms with E-state index in [1.165, 1.54) is 0 Å². The van der Waals surface area contributed by atoms with Crippen molar-refractivity contribution in [1.82, 2.24) is 4.98 Å². The number of fused-ring (bicyclic) bond motifs is 3. The first-order valence-corrected chi connectivity index (χ1v) is 7.50. The lowest BCUT2D eigenvalue weighted by Gasteiger charge is -2.32. The van der Waals surface area contributed by atoms with Gasteiger partial charge in [-0.25, -0.2) is 0 Å². The van der Waals surface area contributed by atoms with Crippen LogP contribution >= 0.6 is 0 Å². The smallest absolute Gasteiger partial charge is 0.455 e. The van der Waals surface area contributed by atoms with E-state index < -0.39 is 7.12 Å². The molecule has 1 aliphatic heterocycles. The van der Waals surface area contributed by atoms with Crippen molar-refractivity contribution in [2.24, 2.45) is 0 Å². The predicted molar refractivity (Wildman–Crippen MR) is 87.2 cm³/mol. The van der Waals surface area contributed by atoms with Crippen LogP contribution in [0, 0.1) is 0 Å². The van der Waals surface area contributed by atoms with E-state index in [1.807, 2.05) is 18.2 Å². The molecule has 0 atom stereocenters. The third-order valence-corrected chi connectivity index (χ3v) is 4.84. The number of furan rings is 1. The number of pyridine rings is 1. The summed E-state index contributed by atoms with van der Waals surface area (Å²) in [5, 5.41) is 2.12. The molecule has 0 radical (unpaired) electrons. The Morgan fingerprint density at radius 2 is 1.68 bits per heavy atom. The van der Waals surface area contributed by atoms with E-state index in [2.05, 4.69) is 38.7 Å². The van der Waals surface area contributed by atoms with Crippen LogP contribution in [0.5, 0.6) is 0 Å². The van der Waals surface area contributed by atoms with Gasteiger partial charge in [0.25, 0.3) is 0 Å². The molecule has 0 N–H and O–H groups in total. The quantitative estimate of drug-likeness (QED) is 0.646. The standard InChI is InChI=1S/C17H18BNO3/c1-16(2)17(3,4)22-18(21-16)13-7-5-6-12-11-8-9-19-10-14(11)20-15(12)13/h5-10H,1-4H3. The summed E-state index contributed by atoms with van der Waals surface area (Å²) in [5.74, 6) is 0. The Morgan fingerprint density at radius 1 is 0.955 bits per heavy atom. The Bertz CT molecular complexity index is 853. The highest BCUT2D eigenvalue weighted by molar-refractivity contribution is 6.65. The Hall–Kier alpha value is -1.85. The summed E-state index contributed by atoms with van der Waals surface area (Å²) in [4.78, 5) is 4.13. The Balaban J connectivity index is 1.90. The highest BCUT2D eigenvalue weighted by atomic mass is 16.7. The third-order valence-electron chi connectivity index (χ3n) is 4.84.